The summed E-state index contributed by atoms with van der Waals surface area (Å²) in [5.74, 6) is 3.50. The van der Waals surface area contributed by atoms with Gasteiger partial charge in [-0.05, 0) is 69.4 Å². The van der Waals surface area contributed by atoms with Gasteiger partial charge in [-0.15, -0.1) is 0 Å². The molecule has 2 bridgehead atoms. The number of carbonyl (C=O) groups excluding carboxylic acids is 1. The van der Waals surface area contributed by atoms with Crippen LogP contribution in [0.15, 0.2) is 28.8 Å². The first-order chi connectivity index (χ1) is 13.0. The molecule has 1 aromatic carbocycles. The minimum absolute atomic E-state index is 0.162. The summed E-state index contributed by atoms with van der Waals surface area (Å²) < 4.78 is 11.2. The monoisotopic (exact) mass is 368 g/mol. The van der Waals surface area contributed by atoms with Gasteiger partial charge in [-0.1, -0.05) is 29.8 Å². The van der Waals surface area contributed by atoms with Crippen molar-refractivity contribution in [2.24, 2.45) is 17.8 Å². The number of ether oxygens (including phenoxy) is 1. The Bertz CT molecular complexity index is 829. The molecule has 144 valence electrons. The van der Waals surface area contributed by atoms with Gasteiger partial charge in [-0.2, -0.15) is 0 Å². The maximum absolute atomic E-state index is 12.8. The van der Waals surface area contributed by atoms with Crippen LogP contribution in [0.3, 0.4) is 0 Å². The van der Waals surface area contributed by atoms with E-state index in [-0.39, 0.29) is 18.6 Å². The Hall–Kier alpha value is -2.30. The summed E-state index contributed by atoms with van der Waals surface area (Å²) >= 11 is 0. The first-order valence-electron chi connectivity index (χ1n) is 9.97. The SMILES string of the molecule is Cc1ccccc1OCc1c(C(=O)NC(C)C2CC3CCC2C3)noc1C. The smallest absolute Gasteiger partial charge is 0.274 e. The topological polar surface area (TPSA) is 64.4 Å². The van der Waals surface area contributed by atoms with Crippen molar-refractivity contribution < 1.29 is 14.1 Å². The van der Waals surface area contributed by atoms with E-state index in [2.05, 4.69) is 17.4 Å². The van der Waals surface area contributed by atoms with Gasteiger partial charge in [-0.3, -0.25) is 4.79 Å². The molecule has 1 heterocycles. The highest BCUT2D eigenvalue weighted by Crippen LogP contribution is 2.49. The summed E-state index contributed by atoms with van der Waals surface area (Å²) in [6, 6.07) is 8.00. The van der Waals surface area contributed by atoms with E-state index in [1.54, 1.807) is 0 Å². The minimum atomic E-state index is -0.162. The number of fused-ring (bicyclic) bond motifs is 2. The van der Waals surface area contributed by atoms with Gasteiger partial charge in [0.05, 0.1) is 5.56 Å². The van der Waals surface area contributed by atoms with Gasteiger partial charge >= 0.3 is 0 Å². The predicted octanol–water partition coefficient (Wildman–Crippen LogP) is 4.42. The summed E-state index contributed by atoms with van der Waals surface area (Å²) in [5.41, 5.74) is 2.12. The van der Waals surface area contributed by atoms with Crippen molar-refractivity contribution in [2.75, 3.05) is 0 Å². The van der Waals surface area contributed by atoms with Gasteiger partial charge in [0.25, 0.3) is 5.91 Å². The third kappa shape index (κ3) is 3.60. The van der Waals surface area contributed by atoms with E-state index in [1.165, 1.54) is 25.7 Å². The zero-order valence-corrected chi connectivity index (χ0v) is 16.3. The molecule has 27 heavy (non-hydrogen) atoms. The lowest BCUT2D eigenvalue weighted by Gasteiger charge is -2.28. The van der Waals surface area contributed by atoms with Gasteiger partial charge in [0, 0.05) is 6.04 Å². The lowest BCUT2D eigenvalue weighted by Crippen LogP contribution is -2.40. The van der Waals surface area contributed by atoms with Crippen LogP contribution in [0.1, 0.15) is 60.0 Å². The van der Waals surface area contributed by atoms with Crippen LogP contribution in [0.25, 0.3) is 0 Å². The van der Waals surface area contributed by atoms with E-state index in [0.717, 1.165) is 28.7 Å². The molecule has 2 aliphatic rings. The fraction of sp³-hybridized carbons (Fsp3) is 0.545. The van der Waals surface area contributed by atoms with Crippen molar-refractivity contribution in [1.82, 2.24) is 10.5 Å². The van der Waals surface area contributed by atoms with Crippen molar-refractivity contribution in [3.63, 3.8) is 0 Å². The van der Waals surface area contributed by atoms with Crippen molar-refractivity contribution in [3.05, 3.63) is 46.8 Å². The Morgan fingerprint density at radius 1 is 1.30 bits per heavy atom. The summed E-state index contributed by atoms with van der Waals surface area (Å²) in [6.45, 7) is 6.21. The molecule has 0 radical (unpaired) electrons. The van der Waals surface area contributed by atoms with Crippen LogP contribution in [-0.4, -0.2) is 17.1 Å². The molecule has 0 saturated heterocycles. The Morgan fingerprint density at radius 2 is 2.11 bits per heavy atom. The van der Waals surface area contributed by atoms with Gasteiger partial charge in [0.2, 0.25) is 0 Å². The first kappa shape index (κ1) is 18.1. The summed E-state index contributed by atoms with van der Waals surface area (Å²) in [4.78, 5) is 12.8. The largest absolute Gasteiger partial charge is 0.488 e. The average molecular weight is 368 g/mol. The highest BCUT2D eigenvalue weighted by molar-refractivity contribution is 5.94. The van der Waals surface area contributed by atoms with Crippen LogP contribution in [-0.2, 0) is 6.61 Å². The summed E-state index contributed by atoms with van der Waals surface area (Å²) in [5, 5.41) is 7.18. The van der Waals surface area contributed by atoms with Crippen LogP contribution in [0.4, 0.5) is 0 Å². The van der Waals surface area contributed by atoms with Crippen molar-refractivity contribution in [3.8, 4) is 5.75 Å². The minimum Gasteiger partial charge on any atom is -0.488 e. The number of aryl methyl sites for hydroxylation is 2. The lowest BCUT2D eigenvalue weighted by atomic mass is 9.84. The second-order valence-corrected chi connectivity index (χ2v) is 8.22. The summed E-state index contributed by atoms with van der Waals surface area (Å²) in [7, 11) is 0. The molecule has 4 rings (SSSR count). The maximum atomic E-state index is 12.8. The Kier molecular flexibility index (Phi) is 4.94. The summed E-state index contributed by atoms with van der Waals surface area (Å²) in [6.07, 6.45) is 5.26. The van der Waals surface area contributed by atoms with E-state index < -0.39 is 0 Å². The first-order valence-corrected chi connectivity index (χ1v) is 9.97. The van der Waals surface area contributed by atoms with Gasteiger partial charge in [0.15, 0.2) is 5.69 Å². The van der Waals surface area contributed by atoms with E-state index in [0.29, 0.717) is 17.4 Å². The molecule has 0 aliphatic heterocycles. The number of nitrogens with one attached hydrogen (secondary N) is 1. The van der Waals surface area contributed by atoms with Crippen LogP contribution in [0, 0.1) is 31.6 Å². The van der Waals surface area contributed by atoms with E-state index >= 15 is 0 Å². The Morgan fingerprint density at radius 3 is 2.81 bits per heavy atom. The average Bonchev–Trinajstić information content (AvgIpc) is 3.37. The molecule has 1 N–H and O–H groups in total. The van der Waals surface area contributed by atoms with E-state index in [4.69, 9.17) is 9.26 Å². The molecule has 1 amide bonds. The Labute approximate surface area is 160 Å². The number of amides is 1. The lowest BCUT2D eigenvalue weighted by molar-refractivity contribution is 0.0904. The highest BCUT2D eigenvalue weighted by atomic mass is 16.5. The number of benzene rings is 1. The van der Waals surface area contributed by atoms with Crippen LogP contribution < -0.4 is 10.1 Å². The molecule has 2 fully saturated rings. The second kappa shape index (κ2) is 7.37. The number of nitrogens with zero attached hydrogens (tertiary/aromatic N) is 1. The quantitative estimate of drug-likeness (QED) is 0.819. The number of para-hydroxylation sites is 1. The molecule has 5 heteroatoms. The van der Waals surface area contributed by atoms with Gasteiger partial charge in [-0.25, -0.2) is 0 Å². The predicted molar refractivity (Wildman–Crippen MR) is 103 cm³/mol. The third-order valence-corrected chi connectivity index (χ3v) is 6.46. The maximum Gasteiger partial charge on any atom is 0.274 e. The normalized spacial score (nSPS) is 24.8. The zero-order chi connectivity index (χ0) is 19.0. The number of hydrogen-bond donors (Lipinski definition) is 1. The van der Waals surface area contributed by atoms with Crippen LogP contribution >= 0.6 is 0 Å². The fourth-order valence-electron chi connectivity index (χ4n) is 4.90. The van der Waals surface area contributed by atoms with Crippen molar-refractivity contribution in [2.45, 2.75) is 59.1 Å². The molecular weight excluding hydrogens is 340 g/mol. The van der Waals surface area contributed by atoms with Crippen LogP contribution in [0.5, 0.6) is 5.75 Å². The number of hydrogen-bond acceptors (Lipinski definition) is 4. The number of aromatic nitrogens is 1. The number of rotatable bonds is 6. The fourth-order valence-corrected chi connectivity index (χ4v) is 4.90. The number of carbonyl (C=O) groups is 1. The second-order valence-electron chi connectivity index (χ2n) is 8.22. The molecule has 1 aromatic heterocycles. The molecule has 5 nitrogen and oxygen atoms in total. The third-order valence-electron chi connectivity index (χ3n) is 6.46. The van der Waals surface area contributed by atoms with Crippen molar-refractivity contribution >= 4 is 5.91 Å². The molecule has 2 aliphatic carbocycles. The molecule has 4 atom stereocenters. The van der Waals surface area contributed by atoms with Crippen LogP contribution in [0.2, 0.25) is 0 Å². The molecule has 4 unspecified atom stereocenters. The zero-order valence-electron chi connectivity index (χ0n) is 16.3. The van der Waals surface area contributed by atoms with Crippen molar-refractivity contribution in [1.29, 1.82) is 0 Å². The van der Waals surface area contributed by atoms with Gasteiger partial charge in [0.1, 0.15) is 18.1 Å². The van der Waals surface area contributed by atoms with E-state index in [1.807, 2.05) is 38.1 Å². The molecular formula is C22H28N2O3. The Balaban J connectivity index is 1.43. The standard InChI is InChI=1S/C22H28N2O3/c1-13-6-4-5-7-20(13)26-12-19-15(3)27-24-21(19)22(25)23-14(2)18-11-16-8-9-17(18)10-16/h4-7,14,16-18H,8-12H2,1-3H3,(H,23,25). The molecule has 0 spiro atoms. The highest BCUT2D eigenvalue weighted by Gasteiger charge is 2.42. The van der Waals surface area contributed by atoms with E-state index in [9.17, 15) is 4.79 Å². The molecule has 2 saturated carbocycles. The van der Waals surface area contributed by atoms with Gasteiger partial charge < -0.3 is 14.6 Å². The molecule has 2 aromatic rings.